The minimum absolute atomic E-state index is 0.0861. The van der Waals surface area contributed by atoms with Crippen molar-refractivity contribution in [3.05, 3.63) is 59.7 Å². The number of esters is 1. The van der Waals surface area contributed by atoms with Crippen molar-refractivity contribution in [2.75, 3.05) is 17.3 Å². The van der Waals surface area contributed by atoms with Crippen LogP contribution in [0.15, 0.2) is 48.5 Å². The molecule has 0 spiro atoms. The first-order chi connectivity index (χ1) is 12.0. The Morgan fingerprint density at radius 2 is 1.88 bits per heavy atom. The molecule has 3 rings (SSSR count). The maximum atomic E-state index is 12.6. The lowest BCUT2D eigenvalue weighted by Gasteiger charge is -2.22. The van der Waals surface area contributed by atoms with Crippen LogP contribution < -0.4 is 10.2 Å². The Kier molecular flexibility index (Phi) is 4.52. The lowest BCUT2D eigenvalue weighted by Crippen LogP contribution is -2.43. The van der Waals surface area contributed by atoms with Gasteiger partial charge in [0, 0.05) is 17.4 Å². The van der Waals surface area contributed by atoms with Gasteiger partial charge in [-0.15, -0.1) is 0 Å². The fourth-order valence-corrected chi connectivity index (χ4v) is 3.01. The molecule has 0 fully saturated rings. The van der Waals surface area contributed by atoms with E-state index < -0.39 is 17.8 Å². The van der Waals surface area contributed by atoms with E-state index in [0.29, 0.717) is 17.7 Å². The fraction of sp³-hybridized carbons (Fsp3) is 0.211. The molecule has 2 aromatic carbocycles. The van der Waals surface area contributed by atoms with Gasteiger partial charge in [-0.2, -0.15) is 0 Å². The fourth-order valence-electron chi connectivity index (χ4n) is 3.01. The number of para-hydroxylation sites is 1. The van der Waals surface area contributed by atoms with E-state index >= 15 is 0 Å². The number of hydrogen-bond acceptors (Lipinski definition) is 4. The van der Waals surface area contributed by atoms with Gasteiger partial charge in [0.15, 0.2) is 0 Å². The largest absolute Gasteiger partial charge is 0.465 e. The van der Waals surface area contributed by atoms with E-state index in [9.17, 15) is 14.4 Å². The van der Waals surface area contributed by atoms with Crippen molar-refractivity contribution in [3.63, 3.8) is 0 Å². The molecular formula is C19H18N2O4. The van der Waals surface area contributed by atoms with Crippen molar-refractivity contribution in [1.29, 1.82) is 0 Å². The third kappa shape index (κ3) is 3.24. The number of carbonyl (C=O) groups is 3. The molecule has 1 heterocycles. The van der Waals surface area contributed by atoms with Gasteiger partial charge >= 0.3 is 17.8 Å². The Labute approximate surface area is 145 Å². The SMILES string of the molecule is COC(=O)c1cccc(NC(=O)C(=O)N2c3ccccc3CC2C)c1. The van der Waals surface area contributed by atoms with Gasteiger partial charge in [0.05, 0.1) is 12.7 Å². The maximum Gasteiger partial charge on any atom is 0.337 e. The molecule has 6 nitrogen and oxygen atoms in total. The number of amides is 2. The van der Waals surface area contributed by atoms with Crippen LogP contribution in [0, 0.1) is 0 Å². The Bertz CT molecular complexity index is 847. The minimum Gasteiger partial charge on any atom is -0.465 e. The molecule has 25 heavy (non-hydrogen) atoms. The summed E-state index contributed by atoms with van der Waals surface area (Å²) >= 11 is 0. The molecule has 2 aromatic rings. The molecule has 2 amide bonds. The Balaban J connectivity index is 1.78. The van der Waals surface area contributed by atoms with Crippen LogP contribution in [0.4, 0.5) is 11.4 Å². The van der Waals surface area contributed by atoms with E-state index in [-0.39, 0.29) is 6.04 Å². The predicted octanol–water partition coefficient (Wildman–Crippen LogP) is 2.39. The number of rotatable bonds is 2. The molecule has 6 heteroatoms. The summed E-state index contributed by atoms with van der Waals surface area (Å²) in [6, 6.07) is 13.7. The number of benzene rings is 2. The molecule has 128 valence electrons. The smallest absolute Gasteiger partial charge is 0.337 e. The van der Waals surface area contributed by atoms with Crippen LogP contribution in [0.25, 0.3) is 0 Å². The monoisotopic (exact) mass is 338 g/mol. The van der Waals surface area contributed by atoms with Crippen LogP contribution in [0.3, 0.4) is 0 Å². The Hall–Kier alpha value is -3.15. The second-order valence-corrected chi connectivity index (χ2v) is 5.88. The van der Waals surface area contributed by atoms with Crippen molar-refractivity contribution in [2.45, 2.75) is 19.4 Å². The third-order valence-electron chi connectivity index (χ3n) is 4.16. The summed E-state index contributed by atoms with van der Waals surface area (Å²) in [7, 11) is 1.28. The highest BCUT2D eigenvalue weighted by Gasteiger charge is 2.34. The molecule has 0 radical (unpaired) electrons. The number of carbonyl (C=O) groups excluding carboxylic acids is 3. The molecule has 1 atom stereocenters. The number of ether oxygens (including phenoxy) is 1. The average Bonchev–Trinajstić information content (AvgIpc) is 2.96. The van der Waals surface area contributed by atoms with Gasteiger partial charge in [-0.3, -0.25) is 9.59 Å². The molecule has 0 aliphatic carbocycles. The van der Waals surface area contributed by atoms with Crippen molar-refractivity contribution >= 4 is 29.2 Å². The molecule has 0 saturated heterocycles. The van der Waals surface area contributed by atoms with E-state index in [2.05, 4.69) is 10.1 Å². The second kappa shape index (κ2) is 6.76. The van der Waals surface area contributed by atoms with Crippen LogP contribution in [-0.2, 0) is 20.7 Å². The lowest BCUT2D eigenvalue weighted by atomic mass is 10.1. The zero-order valence-corrected chi connectivity index (χ0v) is 14.0. The van der Waals surface area contributed by atoms with Crippen LogP contribution >= 0.6 is 0 Å². The summed E-state index contributed by atoms with van der Waals surface area (Å²) in [4.78, 5) is 38.1. The third-order valence-corrected chi connectivity index (χ3v) is 4.16. The van der Waals surface area contributed by atoms with E-state index in [0.717, 1.165) is 11.3 Å². The summed E-state index contributed by atoms with van der Waals surface area (Å²) < 4.78 is 4.65. The zero-order chi connectivity index (χ0) is 18.0. The summed E-state index contributed by atoms with van der Waals surface area (Å²) in [5.41, 5.74) is 2.47. The molecule has 1 aliphatic rings. The number of nitrogens with zero attached hydrogens (tertiary/aromatic N) is 1. The van der Waals surface area contributed by atoms with Crippen LogP contribution in [0.2, 0.25) is 0 Å². The van der Waals surface area contributed by atoms with Gasteiger partial charge in [-0.25, -0.2) is 4.79 Å². The first-order valence-corrected chi connectivity index (χ1v) is 7.92. The number of hydrogen-bond donors (Lipinski definition) is 1. The molecule has 1 aliphatic heterocycles. The van der Waals surface area contributed by atoms with E-state index in [4.69, 9.17) is 0 Å². The van der Waals surface area contributed by atoms with Gasteiger partial charge in [0.2, 0.25) is 0 Å². The van der Waals surface area contributed by atoms with Gasteiger partial charge in [0.25, 0.3) is 0 Å². The summed E-state index contributed by atoms with van der Waals surface area (Å²) in [6.07, 6.45) is 0.715. The highest BCUT2D eigenvalue weighted by molar-refractivity contribution is 6.44. The van der Waals surface area contributed by atoms with Crippen molar-refractivity contribution in [3.8, 4) is 0 Å². The normalized spacial score (nSPS) is 15.4. The number of fused-ring (bicyclic) bond motifs is 1. The van der Waals surface area contributed by atoms with E-state index in [1.165, 1.54) is 18.1 Å². The average molecular weight is 338 g/mol. The summed E-state index contributed by atoms with van der Waals surface area (Å²) in [5, 5.41) is 2.55. The molecule has 1 unspecified atom stereocenters. The summed E-state index contributed by atoms with van der Waals surface area (Å²) in [6.45, 7) is 1.91. The van der Waals surface area contributed by atoms with E-state index in [1.807, 2.05) is 31.2 Å². The Morgan fingerprint density at radius 1 is 1.12 bits per heavy atom. The van der Waals surface area contributed by atoms with Gasteiger partial charge in [-0.1, -0.05) is 24.3 Å². The van der Waals surface area contributed by atoms with Crippen molar-refractivity contribution < 1.29 is 19.1 Å². The molecule has 0 aromatic heterocycles. The first-order valence-electron chi connectivity index (χ1n) is 7.92. The minimum atomic E-state index is -0.745. The van der Waals surface area contributed by atoms with Gasteiger partial charge < -0.3 is 15.0 Å². The van der Waals surface area contributed by atoms with Crippen molar-refractivity contribution in [1.82, 2.24) is 0 Å². The maximum absolute atomic E-state index is 12.6. The van der Waals surface area contributed by atoms with Gasteiger partial charge in [0.1, 0.15) is 0 Å². The zero-order valence-electron chi connectivity index (χ0n) is 14.0. The molecule has 0 bridgehead atoms. The molecular weight excluding hydrogens is 320 g/mol. The van der Waals surface area contributed by atoms with Gasteiger partial charge in [-0.05, 0) is 43.2 Å². The van der Waals surface area contributed by atoms with E-state index in [1.54, 1.807) is 18.2 Å². The molecule has 1 N–H and O–H groups in total. The number of anilines is 2. The topological polar surface area (TPSA) is 75.7 Å². The standard InChI is InChI=1S/C19H18N2O4/c1-12-10-13-6-3-4-9-16(13)21(12)18(23)17(22)20-15-8-5-7-14(11-15)19(24)25-2/h3-9,11-12H,10H2,1-2H3,(H,20,22). The van der Waals surface area contributed by atoms with Crippen LogP contribution in [0.5, 0.6) is 0 Å². The predicted molar refractivity (Wildman–Crippen MR) is 93.5 cm³/mol. The summed E-state index contributed by atoms with van der Waals surface area (Å²) in [5.74, 6) is -1.88. The highest BCUT2D eigenvalue weighted by Crippen LogP contribution is 2.31. The number of nitrogens with one attached hydrogen (secondary N) is 1. The van der Waals surface area contributed by atoms with Crippen LogP contribution in [-0.4, -0.2) is 30.9 Å². The first kappa shape index (κ1) is 16.7. The highest BCUT2D eigenvalue weighted by atomic mass is 16.5. The van der Waals surface area contributed by atoms with Crippen LogP contribution in [0.1, 0.15) is 22.8 Å². The Morgan fingerprint density at radius 3 is 2.64 bits per heavy atom. The number of methoxy groups -OCH3 is 1. The lowest BCUT2D eigenvalue weighted by molar-refractivity contribution is -0.134. The van der Waals surface area contributed by atoms with Crippen molar-refractivity contribution in [2.24, 2.45) is 0 Å². The molecule has 0 saturated carbocycles. The quantitative estimate of drug-likeness (QED) is 0.674. The second-order valence-electron chi connectivity index (χ2n) is 5.88.